The number of unbranched alkanes of at least 4 members (excludes halogenated alkanes) is 30. The molecule has 3 heterocycles. The molecule has 18 unspecified atom stereocenters. The van der Waals surface area contributed by atoms with Gasteiger partial charge in [-0.05, 0) is 38.5 Å². The summed E-state index contributed by atoms with van der Waals surface area (Å²) in [7, 11) is 0. The number of hydrogen-bond donors (Lipinski definition) is 14. The predicted molar refractivity (Wildman–Crippen MR) is 334 cm³/mol. The van der Waals surface area contributed by atoms with Crippen molar-refractivity contribution in [3.05, 3.63) is 12.2 Å². The van der Waals surface area contributed by atoms with Crippen LogP contribution in [0.4, 0.5) is 0 Å². The molecule has 23 heteroatoms. The van der Waals surface area contributed by atoms with Crippen molar-refractivity contribution in [3.8, 4) is 0 Å². The molecule has 0 saturated carbocycles. The Labute approximate surface area is 531 Å². The van der Waals surface area contributed by atoms with E-state index < -0.39 is 148 Å². The van der Waals surface area contributed by atoms with E-state index in [0.29, 0.717) is 19.3 Å². The van der Waals surface area contributed by atoms with Gasteiger partial charge in [-0.1, -0.05) is 206 Å². The minimum atomic E-state index is -3.08. The second-order valence-corrected chi connectivity index (χ2v) is 25.4. The molecular formula is C66H122N2O21. The van der Waals surface area contributed by atoms with E-state index in [2.05, 4.69) is 36.6 Å². The van der Waals surface area contributed by atoms with Crippen LogP contribution in [0.5, 0.6) is 0 Å². The number of rotatable bonds is 52. The van der Waals surface area contributed by atoms with Gasteiger partial charge < -0.3 is 100 Å². The monoisotopic (exact) mass is 1280 g/mol. The first-order valence-corrected chi connectivity index (χ1v) is 34.5. The summed E-state index contributed by atoms with van der Waals surface area (Å²) >= 11 is 0. The van der Waals surface area contributed by atoms with Gasteiger partial charge in [-0.3, -0.25) is 9.59 Å². The molecule has 0 bridgehead atoms. The van der Waals surface area contributed by atoms with E-state index in [-0.39, 0.29) is 18.9 Å². The largest absolute Gasteiger partial charge is 0.477 e. The maximum atomic E-state index is 13.4. The third kappa shape index (κ3) is 30.2. The molecule has 0 aromatic rings. The van der Waals surface area contributed by atoms with Crippen molar-refractivity contribution in [3.63, 3.8) is 0 Å². The molecule has 3 aliphatic rings. The Balaban J connectivity index is 1.52. The van der Waals surface area contributed by atoms with Crippen molar-refractivity contribution >= 4 is 17.8 Å². The molecule has 522 valence electrons. The number of carbonyl (C=O) groups is 3. The van der Waals surface area contributed by atoms with Crippen molar-refractivity contribution in [1.82, 2.24) is 10.6 Å². The van der Waals surface area contributed by atoms with Gasteiger partial charge in [0.2, 0.25) is 11.8 Å². The summed E-state index contributed by atoms with van der Waals surface area (Å²) in [6.07, 6.45) is 15.5. The summed E-state index contributed by atoms with van der Waals surface area (Å²) in [6, 6.07) is -2.53. The molecule has 3 aliphatic heterocycles. The highest BCUT2D eigenvalue weighted by Crippen LogP contribution is 2.39. The topological polar surface area (TPSA) is 373 Å². The Kier molecular flexibility index (Phi) is 43.0. The molecule has 0 spiro atoms. The maximum Gasteiger partial charge on any atom is 0.364 e. The van der Waals surface area contributed by atoms with Crippen LogP contribution in [-0.2, 0) is 42.8 Å². The maximum absolute atomic E-state index is 13.4. The molecule has 0 aromatic carbocycles. The summed E-state index contributed by atoms with van der Waals surface area (Å²) < 4.78 is 34.8. The average Bonchev–Trinajstić information content (AvgIpc) is 1.35. The van der Waals surface area contributed by atoms with Gasteiger partial charge in [0.1, 0.15) is 67.1 Å². The fourth-order valence-corrected chi connectivity index (χ4v) is 12.2. The Morgan fingerprint density at radius 2 is 1.04 bits per heavy atom. The summed E-state index contributed by atoms with van der Waals surface area (Å²) in [5.41, 5.74) is 0. The highest BCUT2D eigenvalue weighted by atomic mass is 16.8. The molecule has 3 fully saturated rings. The fraction of sp³-hybridized carbons (Fsp3) is 0.924. The highest BCUT2D eigenvalue weighted by Gasteiger charge is 2.60. The number of aliphatic hydroxyl groups is 11. The van der Waals surface area contributed by atoms with Gasteiger partial charge in [-0.25, -0.2) is 4.79 Å². The molecule has 14 N–H and O–H groups in total. The van der Waals surface area contributed by atoms with Crippen LogP contribution in [0.1, 0.15) is 252 Å². The molecule has 2 amide bonds. The quantitative estimate of drug-likeness (QED) is 0.0249. The lowest BCUT2D eigenvalue weighted by molar-refractivity contribution is -0.386. The zero-order valence-electron chi connectivity index (χ0n) is 54.3. The van der Waals surface area contributed by atoms with E-state index >= 15 is 0 Å². The van der Waals surface area contributed by atoms with Gasteiger partial charge in [0.25, 0.3) is 5.79 Å². The van der Waals surface area contributed by atoms with Gasteiger partial charge in [-0.2, -0.15) is 0 Å². The number of ether oxygens (including phenoxy) is 6. The molecule has 18 atom stereocenters. The van der Waals surface area contributed by atoms with E-state index in [1.165, 1.54) is 141 Å². The first kappa shape index (κ1) is 80.7. The van der Waals surface area contributed by atoms with E-state index in [1.54, 1.807) is 0 Å². The Morgan fingerprint density at radius 3 is 1.52 bits per heavy atom. The summed E-state index contributed by atoms with van der Waals surface area (Å²) in [6.45, 7) is 2.17. The third-order valence-corrected chi connectivity index (χ3v) is 17.7. The highest BCUT2D eigenvalue weighted by molar-refractivity contribution is 5.77. The molecule has 0 radical (unpaired) electrons. The van der Waals surface area contributed by atoms with Crippen molar-refractivity contribution < 1.29 is 104 Å². The van der Waals surface area contributed by atoms with Crippen LogP contribution in [0.2, 0.25) is 0 Å². The minimum absolute atomic E-state index is 0.223. The lowest BCUT2D eigenvalue weighted by atomic mass is 9.88. The average molecular weight is 1280 g/mol. The number of carboxylic acids is 1. The lowest BCUT2D eigenvalue weighted by Crippen LogP contribution is -2.70. The van der Waals surface area contributed by atoms with Crippen molar-refractivity contribution in [2.45, 2.75) is 362 Å². The van der Waals surface area contributed by atoms with E-state index in [1.807, 2.05) is 0 Å². The second kappa shape index (κ2) is 47.4. The summed E-state index contributed by atoms with van der Waals surface area (Å²) in [5.74, 6) is -6.10. The zero-order chi connectivity index (χ0) is 65.4. The van der Waals surface area contributed by atoms with Crippen molar-refractivity contribution in [1.29, 1.82) is 0 Å². The Bertz CT molecular complexity index is 1860. The Morgan fingerprint density at radius 1 is 0.573 bits per heavy atom. The van der Waals surface area contributed by atoms with Gasteiger partial charge >= 0.3 is 5.97 Å². The summed E-state index contributed by atoms with van der Waals surface area (Å²) in [5, 5.41) is 136. The molecule has 3 saturated heterocycles. The van der Waals surface area contributed by atoms with Gasteiger partial charge in [0, 0.05) is 19.8 Å². The molecular weight excluding hydrogens is 1160 g/mol. The normalized spacial score (nSPS) is 28.8. The number of aliphatic carboxylic acids is 1. The van der Waals surface area contributed by atoms with Crippen LogP contribution >= 0.6 is 0 Å². The van der Waals surface area contributed by atoms with Crippen LogP contribution < -0.4 is 10.6 Å². The lowest BCUT2D eigenvalue weighted by Gasteiger charge is -2.50. The second-order valence-electron chi connectivity index (χ2n) is 25.4. The predicted octanol–water partition coefficient (Wildman–Crippen LogP) is 5.90. The van der Waals surface area contributed by atoms with Crippen LogP contribution in [-0.4, -0.2) is 215 Å². The zero-order valence-corrected chi connectivity index (χ0v) is 54.3. The number of hydrogen-bond acceptors (Lipinski definition) is 20. The minimum Gasteiger partial charge on any atom is -0.477 e. The van der Waals surface area contributed by atoms with Crippen LogP contribution in [0.3, 0.4) is 0 Å². The molecule has 0 aromatic heterocycles. The van der Waals surface area contributed by atoms with Crippen LogP contribution in [0.15, 0.2) is 12.2 Å². The van der Waals surface area contributed by atoms with E-state index in [4.69, 9.17) is 28.4 Å². The van der Waals surface area contributed by atoms with Crippen LogP contribution in [0, 0.1) is 0 Å². The number of allylic oxidation sites excluding steroid dienone is 2. The number of carbonyl (C=O) groups excluding carboxylic acids is 2. The molecule has 0 aliphatic carbocycles. The van der Waals surface area contributed by atoms with Crippen LogP contribution in [0.25, 0.3) is 0 Å². The number of nitrogens with one attached hydrogen (secondary N) is 2. The third-order valence-electron chi connectivity index (χ3n) is 17.7. The SMILES string of the molecule is CCCCCCCCCCCCCC/C=C\CCCCCCCCCCCCC(=O)NC(COC1OC(CO)C(OC2OC(CO)C(O)C(OC3(C(=O)O)CC(O)C(NC(C)=O)C(C(O)C(O)CO)O3)C2O)C(O)C1O)C(O)CCCCCCCCCCC. The smallest absolute Gasteiger partial charge is 0.364 e. The van der Waals surface area contributed by atoms with Crippen molar-refractivity contribution in [2.75, 3.05) is 26.4 Å². The van der Waals surface area contributed by atoms with Crippen molar-refractivity contribution in [2.24, 2.45) is 0 Å². The first-order valence-electron chi connectivity index (χ1n) is 34.5. The standard InChI is InChI=1S/C66H122N2O21/c1-4-6-8-10-12-14-15-16-17-18-19-20-21-22-23-24-25-26-27-28-29-30-32-34-36-38-40-53(76)68-47(48(73)39-37-35-33-31-13-11-9-7-5-2)45-84-63-58(80)57(79)60(52(44-71)86-63)87-64-59(81)62(56(78)51(43-70)85-64)89-66(65(82)83)41-49(74)54(67-46(3)72)61(88-66)55(77)50(75)42-69/h22-23,47-52,54-64,69-71,73-75,77-81H,4-21,24-45H2,1-3H3,(H,67,72)(H,68,76)(H,82,83)/b23-22-. The fourth-order valence-electron chi connectivity index (χ4n) is 12.2. The molecule has 23 nitrogen and oxygen atoms in total. The van der Waals surface area contributed by atoms with E-state index in [0.717, 1.165) is 64.7 Å². The number of aliphatic hydroxyl groups excluding tert-OH is 11. The number of amides is 2. The van der Waals surface area contributed by atoms with Gasteiger partial charge in [-0.15, -0.1) is 0 Å². The molecule has 3 rings (SSSR count). The molecule has 89 heavy (non-hydrogen) atoms. The summed E-state index contributed by atoms with van der Waals surface area (Å²) in [4.78, 5) is 38.5. The van der Waals surface area contributed by atoms with Gasteiger partial charge in [0.15, 0.2) is 12.6 Å². The number of carboxylic acid groups (broad SMARTS) is 1. The van der Waals surface area contributed by atoms with Gasteiger partial charge in [0.05, 0.1) is 50.7 Å². The Hall–Kier alpha value is -2.53. The first-order chi connectivity index (χ1) is 42.9. The van der Waals surface area contributed by atoms with E-state index in [9.17, 15) is 75.7 Å².